The molecule has 1 amide bonds. The fourth-order valence-electron chi connectivity index (χ4n) is 1.95. The molecule has 0 bridgehead atoms. The van der Waals surface area contributed by atoms with Crippen LogP contribution in [-0.2, 0) is 4.79 Å². The number of nitrogens with one attached hydrogen (secondary N) is 1. The molecule has 0 spiro atoms. The molecule has 0 unspecified atom stereocenters. The van der Waals surface area contributed by atoms with Crippen LogP contribution in [0.25, 0.3) is 11.1 Å². The molecule has 2 rings (SSSR count). The number of anilines is 1. The van der Waals surface area contributed by atoms with Crippen LogP contribution in [0.1, 0.15) is 18.1 Å². The van der Waals surface area contributed by atoms with Crippen LogP contribution in [0, 0.1) is 13.8 Å². The Labute approximate surface area is 108 Å². The number of aryl methyl sites for hydroxylation is 2. The van der Waals surface area contributed by atoms with Crippen molar-refractivity contribution in [1.82, 2.24) is 0 Å². The Morgan fingerprint density at radius 3 is 2.28 bits per heavy atom. The predicted octanol–water partition coefficient (Wildman–Crippen LogP) is 3.93. The van der Waals surface area contributed by atoms with Gasteiger partial charge in [0.1, 0.15) is 0 Å². The first-order chi connectivity index (χ1) is 8.56. The lowest BCUT2D eigenvalue weighted by molar-refractivity contribution is -0.114. The molecule has 2 heteroatoms. The van der Waals surface area contributed by atoms with Gasteiger partial charge in [0.05, 0.1) is 0 Å². The molecule has 0 saturated heterocycles. The number of carbonyl (C=O) groups is 1. The summed E-state index contributed by atoms with van der Waals surface area (Å²) in [7, 11) is 0. The highest BCUT2D eigenvalue weighted by Gasteiger charge is 2.04. The molecule has 0 saturated carbocycles. The summed E-state index contributed by atoms with van der Waals surface area (Å²) in [6.45, 7) is 5.67. The molecule has 1 N–H and O–H groups in total. The Morgan fingerprint density at radius 1 is 1.00 bits per heavy atom. The van der Waals surface area contributed by atoms with E-state index in [-0.39, 0.29) is 5.91 Å². The van der Waals surface area contributed by atoms with Crippen LogP contribution in [0.15, 0.2) is 42.5 Å². The molecule has 2 nitrogen and oxygen atoms in total. The maximum Gasteiger partial charge on any atom is 0.221 e. The molecule has 2 aromatic rings. The van der Waals surface area contributed by atoms with Crippen molar-refractivity contribution in [2.45, 2.75) is 20.8 Å². The number of benzene rings is 2. The Hall–Kier alpha value is -2.09. The Balaban J connectivity index is 2.42. The third kappa shape index (κ3) is 2.77. The van der Waals surface area contributed by atoms with E-state index in [0.717, 1.165) is 11.3 Å². The second-order valence-corrected chi connectivity index (χ2v) is 4.58. The van der Waals surface area contributed by atoms with Gasteiger partial charge in [-0.15, -0.1) is 0 Å². The lowest BCUT2D eigenvalue weighted by Gasteiger charge is -2.10. The van der Waals surface area contributed by atoms with Crippen molar-refractivity contribution in [3.63, 3.8) is 0 Å². The zero-order chi connectivity index (χ0) is 13.1. The van der Waals surface area contributed by atoms with Gasteiger partial charge in [0.2, 0.25) is 5.91 Å². The van der Waals surface area contributed by atoms with E-state index >= 15 is 0 Å². The fraction of sp³-hybridized carbons (Fsp3) is 0.188. The molecule has 0 radical (unpaired) electrons. The zero-order valence-corrected chi connectivity index (χ0v) is 10.9. The first kappa shape index (κ1) is 12.4. The van der Waals surface area contributed by atoms with E-state index in [9.17, 15) is 4.79 Å². The minimum atomic E-state index is -0.0475. The van der Waals surface area contributed by atoms with Crippen LogP contribution in [0.2, 0.25) is 0 Å². The van der Waals surface area contributed by atoms with E-state index in [1.165, 1.54) is 23.6 Å². The van der Waals surface area contributed by atoms with Crippen LogP contribution >= 0.6 is 0 Å². The highest BCUT2D eigenvalue weighted by atomic mass is 16.1. The van der Waals surface area contributed by atoms with E-state index in [4.69, 9.17) is 0 Å². The maximum absolute atomic E-state index is 11.1. The number of hydrogen-bond donors (Lipinski definition) is 1. The molecular formula is C16H17NO. The van der Waals surface area contributed by atoms with E-state index in [0.29, 0.717) is 0 Å². The van der Waals surface area contributed by atoms with Gasteiger partial charge in [0.25, 0.3) is 0 Å². The van der Waals surface area contributed by atoms with Gasteiger partial charge in [-0.05, 0) is 42.7 Å². The molecule has 92 valence electrons. The normalized spacial score (nSPS) is 10.2. The van der Waals surface area contributed by atoms with Crippen molar-refractivity contribution < 1.29 is 4.79 Å². The smallest absolute Gasteiger partial charge is 0.221 e. The molecule has 0 aliphatic heterocycles. The number of hydrogen-bond acceptors (Lipinski definition) is 1. The molecular weight excluding hydrogens is 222 g/mol. The highest BCUT2D eigenvalue weighted by Crippen LogP contribution is 2.26. The van der Waals surface area contributed by atoms with Crippen LogP contribution in [-0.4, -0.2) is 5.91 Å². The summed E-state index contributed by atoms with van der Waals surface area (Å²) >= 11 is 0. The van der Waals surface area contributed by atoms with Crippen molar-refractivity contribution in [3.05, 3.63) is 53.6 Å². The van der Waals surface area contributed by atoms with Crippen molar-refractivity contribution in [2.75, 3.05) is 5.32 Å². The van der Waals surface area contributed by atoms with E-state index in [1.54, 1.807) is 0 Å². The van der Waals surface area contributed by atoms with Gasteiger partial charge in [-0.3, -0.25) is 4.79 Å². The van der Waals surface area contributed by atoms with Crippen molar-refractivity contribution in [2.24, 2.45) is 0 Å². The third-order valence-electron chi connectivity index (χ3n) is 2.92. The first-order valence-corrected chi connectivity index (χ1v) is 6.01. The van der Waals surface area contributed by atoms with Gasteiger partial charge in [-0.1, -0.05) is 35.9 Å². The SMILES string of the molecule is CC(=O)Nc1ccc(C)c(-c2ccc(C)cc2)c1. The summed E-state index contributed by atoms with van der Waals surface area (Å²) in [6.07, 6.45) is 0. The average Bonchev–Trinajstić information content (AvgIpc) is 2.32. The highest BCUT2D eigenvalue weighted by molar-refractivity contribution is 5.89. The van der Waals surface area contributed by atoms with Gasteiger partial charge in [0, 0.05) is 12.6 Å². The van der Waals surface area contributed by atoms with Gasteiger partial charge < -0.3 is 5.32 Å². The summed E-state index contributed by atoms with van der Waals surface area (Å²) in [6, 6.07) is 14.4. The van der Waals surface area contributed by atoms with Crippen LogP contribution in [0.5, 0.6) is 0 Å². The van der Waals surface area contributed by atoms with E-state index in [2.05, 4.69) is 43.4 Å². The van der Waals surface area contributed by atoms with Gasteiger partial charge in [-0.2, -0.15) is 0 Å². The summed E-state index contributed by atoms with van der Waals surface area (Å²) in [5.74, 6) is -0.0475. The Morgan fingerprint density at radius 2 is 1.67 bits per heavy atom. The molecule has 0 fully saturated rings. The molecule has 0 heterocycles. The Bertz CT molecular complexity index is 570. The quantitative estimate of drug-likeness (QED) is 0.845. The summed E-state index contributed by atoms with van der Waals surface area (Å²) in [5.41, 5.74) is 5.61. The standard InChI is InChI=1S/C16H17NO/c1-11-4-7-14(8-5-11)16-10-15(17-13(3)18)9-6-12(16)2/h4-10H,1-3H3,(H,17,18). The topological polar surface area (TPSA) is 29.1 Å². The van der Waals surface area contributed by atoms with Gasteiger partial charge in [0.15, 0.2) is 0 Å². The molecule has 0 atom stereocenters. The summed E-state index contributed by atoms with van der Waals surface area (Å²) in [4.78, 5) is 11.1. The number of carbonyl (C=O) groups excluding carboxylic acids is 1. The van der Waals surface area contributed by atoms with E-state index in [1.807, 2.05) is 18.2 Å². The molecule has 0 aromatic heterocycles. The second kappa shape index (κ2) is 5.05. The minimum absolute atomic E-state index is 0.0475. The Kier molecular flexibility index (Phi) is 3.47. The van der Waals surface area contributed by atoms with Crippen molar-refractivity contribution in [1.29, 1.82) is 0 Å². The largest absolute Gasteiger partial charge is 0.326 e. The van der Waals surface area contributed by atoms with Crippen LogP contribution in [0.3, 0.4) is 0 Å². The van der Waals surface area contributed by atoms with E-state index < -0.39 is 0 Å². The van der Waals surface area contributed by atoms with Gasteiger partial charge in [-0.25, -0.2) is 0 Å². The summed E-state index contributed by atoms with van der Waals surface area (Å²) < 4.78 is 0. The fourth-order valence-corrected chi connectivity index (χ4v) is 1.95. The monoisotopic (exact) mass is 239 g/mol. The minimum Gasteiger partial charge on any atom is -0.326 e. The maximum atomic E-state index is 11.1. The molecule has 18 heavy (non-hydrogen) atoms. The molecule has 0 aliphatic rings. The van der Waals surface area contributed by atoms with Gasteiger partial charge >= 0.3 is 0 Å². The number of amides is 1. The number of rotatable bonds is 2. The first-order valence-electron chi connectivity index (χ1n) is 6.01. The zero-order valence-electron chi connectivity index (χ0n) is 10.9. The lowest BCUT2D eigenvalue weighted by Crippen LogP contribution is -2.05. The molecule has 0 aliphatic carbocycles. The lowest BCUT2D eigenvalue weighted by atomic mass is 9.99. The van der Waals surface area contributed by atoms with Crippen LogP contribution < -0.4 is 5.32 Å². The molecule has 2 aromatic carbocycles. The van der Waals surface area contributed by atoms with Crippen LogP contribution in [0.4, 0.5) is 5.69 Å². The van der Waals surface area contributed by atoms with Crippen molar-refractivity contribution >= 4 is 11.6 Å². The predicted molar refractivity (Wildman–Crippen MR) is 75.7 cm³/mol. The average molecular weight is 239 g/mol. The van der Waals surface area contributed by atoms with Crippen molar-refractivity contribution in [3.8, 4) is 11.1 Å². The second-order valence-electron chi connectivity index (χ2n) is 4.58. The summed E-state index contributed by atoms with van der Waals surface area (Å²) in [5, 5.41) is 2.81. The third-order valence-corrected chi connectivity index (χ3v) is 2.92.